The molecule has 0 aliphatic heterocycles. The number of esters is 1. The Bertz CT molecular complexity index is 238. The molecule has 0 aliphatic carbocycles. The molecule has 3 heteroatoms. The van der Waals surface area contributed by atoms with Crippen LogP contribution in [0.4, 0.5) is 0 Å². The van der Waals surface area contributed by atoms with Gasteiger partial charge >= 0.3 is 5.97 Å². The molecule has 3 nitrogen and oxygen atoms in total. The van der Waals surface area contributed by atoms with Crippen molar-refractivity contribution < 1.29 is 9.53 Å². The number of hydrogen-bond acceptors (Lipinski definition) is 3. The summed E-state index contributed by atoms with van der Waals surface area (Å²) in [5.74, 6) is 2.27. The third-order valence-corrected chi connectivity index (χ3v) is 1.77. The van der Waals surface area contributed by atoms with Crippen molar-refractivity contribution in [1.29, 1.82) is 0 Å². The molecule has 0 fully saturated rings. The highest BCUT2D eigenvalue weighted by atomic mass is 16.5. The minimum Gasteiger partial charge on any atom is -0.466 e. The van der Waals surface area contributed by atoms with Crippen molar-refractivity contribution >= 4 is 5.97 Å². The van der Waals surface area contributed by atoms with E-state index in [1.54, 1.807) is 0 Å². The molecule has 0 aromatic rings. The smallest absolute Gasteiger partial charge is 0.333 e. The van der Waals surface area contributed by atoms with Gasteiger partial charge in [0.1, 0.15) is 0 Å². The van der Waals surface area contributed by atoms with Gasteiger partial charge < -0.3 is 10.1 Å². The first kappa shape index (κ1) is 12.7. The normalized spacial score (nSPS) is 10.8. The molecule has 0 aromatic heterocycles. The number of nitrogens with one attached hydrogen (secondary N) is 1. The van der Waals surface area contributed by atoms with Crippen molar-refractivity contribution in [2.45, 2.75) is 19.8 Å². The second-order valence-corrected chi connectivity index (χ2v) is 2.73. The summed E-state index contributed by atoms with van der Waals surface area (Å²) in [6.07, 6.45) is 8.31. The van der Waals surface area contributed by atoms with Gasteiger partial charge in [0, 0.05) is 25.1 Å². The molecular formula is C11H17NO2. The molecule has 0 unspecified atom stereocenters. The van der Waals surface area contributed by atoms with Gasteiger partial charge in [-0.1, -0.05) is 13.0 Å². The Balaban J connectivity index is 3.83. The van der Waals surface area contributed by atoms with Gasteiger partial charge in [-0.25, -0.2) is 4.79 Å². The Morgan fingerprint density at radius 2 is 2.36 bits per heavy atom. The van der Waals surface area contributed by atoms with Crippen LogP contribution in [-0.2, 0) is 9.53 Å². The average molecular weight is 195 g/mol. The zero-order valence-corrected chi connectivity index (χ0v) is 8.80. The number of carbonyl (C=O) groups is 1. The summed E-state index contributed by atoms with van der Waals surface area (Å²) in [5.41, 5.74) is 0.695. The van der Waals surface area contributed by atoms with E-state index in [1.165, 1.54) is 7.11 Å². The lowest BCUT2D eigenvalue weighted by Crippen LogP contribution is -2.16. The third-order valence-electron chi connectivity index (χ3n) is 1.77. The lowest BCUT2D eigenvalue weighted by atomic mass is 10.2. The van der Waals surface area contributed by atoms with E-state index in [2.05, 4.69) is 16.0 Å². The maximum Gasteiger partial charge on any atom is 0.333 e. The molecule has 0 bridgehead atoms. The Morgan fingerprint density at radius 3 is 2.86 bits per heavy atom. The monoisotopic (exact) mass is 195 g/mol. The molecule has 0 atom stereocenters. The maximum atomic E-state index is 11.1. The highest BCUT2D eigenvalue weighted by Crippen LogP contribution is 2.01. The van der Waals surface area contributed by atoms with Crippen LogP contribution in [0.2, 0.25) is 0 Å². The van der Waals surface area contributed by atoms with E-state index in [9.17, 15) is 4.79 Å². The van der Waals surface area contributed by atoms with Crippen molar-refractivity contribution in [3.05, 3.63) is 11.6 Å². The van der Waals surface area contributed by atoms with E-state index in [-0.39, 0.29) is 5.97 Å². The van der Waals surface area contributed by atoms with Crippen molar-refractivity contribution in [3.63, 3.8) is 0 Å². The minimum absolute atomic E-state index is 0.258. The number of terminal acetylenes is 1. The fourth-order valence-corrected chi connectivity index (χ4v) is 0.961. The topological polar surface area (TPSA) is 38.3 Å². The molecule has 78 valence electrons. The molecule has 14 heavy (non-hydrogen) atoms. The number of carbonyl (C=O) groups excluding carboxylic acids is 1. The second-order valence-electron chi connectivity index (χ2n) is 2.73. The van der Waals surface area contributed by atoms with E-state index in [0.29, 0.717) is 25.0 Å². The minimum atomic E-state index is -0.258. The van der Waals surface area contributed by atoms with Gasteiger partial charge in [-0.15, -0.1) is 12.3 Å². The highest BCUT2D eigenvalue weighted by molar-refractivity contribution is 5.88. The summed E-state index contributed by atoms with van der Waals surface area (Å²) in [4.78, 5) is 11.1. The summed E-state index contributed by atoms with van der Waals surface area (Å²) in [5, 5.41) is 3.10. The van der Waals surface area contributed by atoms with Crippen LogP contribution < -0.4 is 5.32 Å². The Kier molecular flexibility index (Phi) is 7.58. The molecule has 0 aromatic carbocycles. The van der Waals surface area contributed by atoms with Crippen LogP contribution in [0.5, 0.6) is 0 Å². The number of rotatable bonds is 6. The summed E-state index contributed by atoms with van der Waals surface area (Å²) in [7, 11) is 1.39. The van der Waals surface area contributed by atoms with Crippen LogP contribution in [0.1, 0.15) is 19.8 Å². The van der Waals surface area contributed by atoms with Crippen LogP contribution in [0.3, 0.4) is 0 Å². The summed E-state index contributed by atoms with van der Waals surface area (Å²) in [6, 6.07) is 0. The van der Waals surface area contributed by atoms with Gasteiger partial charge in [-0.2, -0.15) is 0 Å². The van der Waals surface area contributed by atoms with E-state index < -0.39 is 0 Å². The van der Waals surface area contributed by atoms with E-state index in [0.717, 1.165) is 6.54 Å². The van der Waals surface area contributed by atoms with Crippen LogP contribution in [0, 0.1) is 12.3 Å². The van der Waals surface area contributed by atoms with Crippen molar-refractivity contribution in [2.75, 3.05) is 20.2 Å². The lowest BCUT2D eigenvalue weighted by Gasteiger charge is -2.02. The predicted molar refractivity (Wildman–Crippen MR) is 56.7 cm³/mol. The summed E-state index contributed by atoms with van der Waals surface area (Å²) < 4.78 is 4.61. The quantitative estimate of drug-likeness (QED) is 0.298. The van der Waals surface area contributed by atoms with Gasteiger partial charge in [-0.05, 0) is 6.42 Å². The summed E-state index contributed by atoms with van der Waals surface area (Å²) >= 11 is 0. The van der Waals surface area contributed by atoms with Crippen LogP contribution in [-0.4, -0.2) is 26.2 Å². The van der Waals surface area contributed by atoms with Crippen LogP contribution in [0.15, 0.2) is 11.6 Å². The molecule has 0 amide bonds. The van der Waals surface area contributed by atoms with Crippen LogP contribution in [0.25, 0.3) is 0 Å². The SMILES string of the molecule is C#CCCNCC=C(CC)C(=O)OC. The number of methoxy groups -OCH3 is 1. The second kappa shape index (κ2) is 8.33. The fraction of sp³-hybridized carbons (Fsp3) is 0.545. The van der Waals surface area contributed by atoms with E-state index >= 15 is 0 Å². The molecular weight excluding hydrogens is 178 g/mol. The largest absolute Gasteiger partial charge is 0.466 e. The van der Waals surface area contributed by atoms with Gasteiger partial charge in [-0.3, -0.25) is 0 Å². The molecule has 0 aliphatic rings. The predicted octanol–water partition coefficient (Wildman–Crippen LogP) is 1.11. The molecule has 0 heterocycles. The van der Waals surface area contributed by atoms with Crippen molar-refractivity contribution in [3.8, 4) is 12.3 Å². The first-order valence-electron chi connectivity index (χ1n) is 4.67. The van der Waals surface area contributed by atoms with Crippen molar-refractivity contribution in [2.24, 2.45) is 0 Å². The maximum absolute atomic E-state index is 11.1. The molecule has 1 N–H and O–H groups in total. The van der Waals surface area contributed by atoms with Gasteiger partial charge in [0.05, 0.1) is 7.11 Å². The number of hydrogen-bond donors (Lipinski definition) is 1. The van der Waals surface area contributed by atoms with E-state index in [4.69, 9.17) is 6.42 Å². The average Bonchev–Trinajstić information content (AvgIpc) is 2.22. The first-order chi connectivity index (χ1) is 6.76. The lowest BCUT2D eigenvalue weighted by molar-refractivity contribution is -0.136. The molecule has 0 radical (unpaired) electrons. The van der Waals surface area contributed by atoms with Gasteiger partial charge in [0.15, 0.2) is 0 Å². The zero-order chi connectivity index (χ0) is 10.8. The Morgan fingerprint density at radius 1 is 1.64 bits per heavy atom. The van der Waals surface area contributed by atoms with Crippen LogP contribution >= 0.6 is 0 Å². The fourth-order valence-electron chi connectivity index (χ4n) is 0.961. The molecule has 0 saturated heterocycles. The van der Waals surface area contributed by atoms with Gasteiger partial charge in [0.25, 0.3) is 0 Å². The molecule has 0 rings (SSSR count). The first-order valence-corrected chi connectivity index (χ1v) is 4.67. The van der Waals surface area contributed by atoms with Crippen molar-refractivity contribution in [1.82, 2.24) is 5.32 Å². The summed E-state index contributed by atoms with van der Waals surface area (Å²) in [6.45, 7) is 3.34. The molecule has 0 spiro atoms. The third kappa shape index (κ3) is 5.39. The standard InChI is InChI=1S/C11H17NO2/c1-4-6-8-12-9-7-10(5-2)11(13)14-3/h1,7,12H,5-6,8-9H2,2-3H3. The zero-order valence-electron chi connectivity index (χ0n) is 8.80. The van der Waals surface area contributed by atoms with E-state index in [1.807, 2.05) is 13.0 Å². The molecule has 0 saturated carbocycles. The Labute approximate surface area is 85.5 Å². The highest BCUT2D eigenvalue weighted by Gasteiger charge is 2.04. The Hall–Kier alpha value is -1.27. The number of ether oxygens (including phenoxy) is 1. The van der Waals surface area contributed by atoms with Gasteiger partial charge in [0.2, 0.25) is 0 Å².